The van der Waals surface area contributed by atoms with Gasteiger partial charge in [-0.25, -0.2) is 0 Å². The number of halogens is 3. The van der Waals surface area contributed by atoms with Crippen molar-refractivity contribution in [1.29, 1.82) is 5.26 Å². The molecule has 0 atom stereocenters. The molecule has 0 aliphatic rings. The zero-order chi connectivity index (χ0) is 15.6. The maximum atomic E-state index is 13.0. The SMILES string of the molecule is Cc1ccsc1CN(C)c1ccc(C#N)c(C(F)(F)F)c1. The number of hydrogen-bond donors (Lipinski definition) is 0. The minimum Gasteiger partial charge on any atom is -0.369 e. The summed E-state index contributed by atoms with van der Waals surface area (Å²) in [6.07, 6.45) is -4.53. The van der Waals surface area contributed by atoms with Crippen LogP contribution in [0.5, 0.6) is 0 Å². The van der Waals surface area contributed by atoms with Gasteiger partial charge in [0.25, 0.3) is 0 Å². The third-order valence-corrected chi connectivity index (χ3v) is 4.23. The zero-order valence-corrected chi connectivity index (χ0v) is 12.3. The smallest absolute Gasteiger partial charge is 0.369 e. The van der Waals surface area contributed by atoms with Crippen molar-refractivity contribution in [2.45, 2.75) is 19.6 Å². The van der Waals surface area contributed by atoms with Crippen molar-refractivity contribution in [3.8, 4) is 6.07 Å². The first-order chi connectivity index (χ1) is 9.82. The Kier molecular flexibility index (Phi) is 4.24. The summed E-state index contributed by atoms with van der Waals surface area (Å²) < 4.78 is 38.9. The van der Waals surface area contributed by atoms with E-state index < -0.39 is 11.7 Å². The van der Waals surface area contributed by atoms with Crippen molar-refractivity contribution in [3.63, 3.8) is 0 Å². The highest BCUT2D eigenvalue weighted by Gasteiger charge is 2.34. The Hall–Kier alpha value is -2.00. The van der Waals surface area contributed by atoms with E-state index in [9.17, 15) is 13.2 Å². The lowest BCUT2D eigenvalue weighted by molar-refractivity contribution is -0.137. The first kappa shape index (κ1) is 15.4. The van der Waals surface area contributed by atoms with Gasteiger partial charge in [-0.2, -0.15) is 18.4 Å². The van der Waals surface area contributed by atoms with Crippen molar-refractivity contribution in [3.05, 3.63) is 51.2 Å². The summed E-state index contributed by atoms with van der Waals surface area (Å²) in [5.74, 6) is 0. The van der Waals surface area contributed by atoms with Gasteiger partial charge in [0.2, 0.25) is 0 Å². The number of hydrogen-bond acceptors (Lipinski definition) is 3. The van der Waals surface area contributed by atoms with Crippen LogP contribution in [0.25, 0.3) is 0 Å². The molecule has 0 unspecified atom stereocenters. The molecule has 0 aliphatic carbocycles. The molecule has 0 spiro atoms. The van der Waals surface area contributed by atoms with Crippen molar-refractivity contribution < 1.29 is 13.2 Å². The number of nitrogens with zero attached hydrogens (tertiary/aromatic N) is 2. The van der Waals surface area contributed by atoms with Gasteiger partial charge in [0.1, 0.15) is 0 Å². The van der Waals surface area contributed by atoms with Crippen LogP contribution in [0.4, 0.5) is 18.9 Å². The minimum atomic E-state index is -4.53. The molecular weight excluding hydrogens is 297 g/mol. The highest BCUT2D eigenvalue weighted by atomic mass is 32.1. The molecule has 0 radical (unpaired) electrons. The maximum absolute atomic E-state index is 13.0. The molecule has 0 aliphatic heterocycles. The average molecular weight is 310 g/mol. The quantitative estimate of drug-likeness (QED) is 0.829. The molecule has 6 heteroatoms. The van der Waals surface area contributed by atoms with Gasteiger partial charge in [-0.1, -0.05) is 0 Å². The fourth-order valence-corrected chi connectivity index (χ4v) is 2.93. The standard InChI is InChI=1S/C15H13F3N2S/c1-10-5-6-21-14(10)9-20(2)12-4-3-11(8-19)13(7-12)15(16,17)18/h3-7H,9H2,1-2H3. The maximum Gasteiger partial charge on any atom is 0.417 e. The van der Waals surface area contributed by atoms with E-state index in [1.165, 1.54) is 12.1 Å². The topological polar surface area (TPSA) is 27.0 Å². The summed E-state index contributed by atoms with van der Waals surface area (Å²) in [4.78, 5) is 2.85. The third kappa shape index (κ3) is 3.37. The van der Waals surface area contributed by atoms with E-state index in [4.69, 9.17) is 5.26 Å². The molecule has 0 fully saturated rings. The number of alkyl halides is 3. The summed E-state index contributed by atoms with van der Waals surface area (Å²) in [6.45, 7) is 2.51. The molecule has 1 aromatic heterocycles. The van der Waals surface area contributed by atoms with Crippen LogP contribution in [0.15, 0.2) is 29.6 Å². The fraction of sp³-hybridized carbons (Fsp3) is 0.267. The second kappa shape index (κ2) is 5.78. The van der Waals surface area contributed by atoms with E-state index in [0.717, 1.165) is 16.5 Å². The van der Waals surface area contributed by atoms with Gasteiger partial charge in [0.05, 0.1) is 23.7 Å². The van der Waals surface area contributed by atoms with Crippen LogP contribution in [0.2, 0.25) is 0 Å². The predicted octanol–water partition coefficient (Wildman–Crippen LogP) is 4.58. The number of benzene rings is 1. The number of aryl methyl sites for hydroxylation is 1. The summed E-state index contributed by atoms with van der Waals surface area (Å²) in [5, 5.41) is 10.7. The van der Waals surface area contributed by atoms with E-state index in [-0.39, 0.29) is 5.56 Å². The van der Waals surface area contributed by atoms with Crippen LogP contribution in [-0.2, 0) is 12.7 Å². The molecular formula is C15H13F3N2S. The van der Waals surface area contributed by atoms with Crippen molar-refractivity contribution >= 4 is 17.0 Å². The first-order valence-corrected chi connectivity index (χ1v) is 7.06. The lowest BCUT2D eigenvalue weighted by atomic mass is 10.1. The van der Waals surface area contributed by atoms with Crippen molar-refractivity contribution in [1.82, 2.24) is 0 Å². The van der Waals surface area contributed by atoms with Crippen molar-refractivity contribution in [2.24, 2.45) is 0 Å². The normalized spacial score (nSPS) is 11.2. The van der Waals surface area contributed by atoms with E-state index in [2.05, 4.69) is 0 Å². The number of thiophene rings is 1. The van der Waals surface area contributed by atoms with Gasteiger partial charge in [-0.05, 0) is 42.1 Å². The molecule has 0 N–H and O–H groups in total. The lowest BCUT2D eigenvalue weighted by Gasteiger charge is -2.21. The van der Waals surface area contributed by atoms with Gasteiger partial charge >= 0.3 is 6.18 Å². The lowest BCUT2D eigenvalue weighted by Crippen LogP contribution is -2.17. The highest BCUT2D eigenvalue weighted by molar-refractivity contribution is 7.10. The zero-order valence-electron chi connectivity index (χ0n) is 11.5. The first-order valence-electron chi connectivity index (χ1n) is 6.18. The monoisotopic (exact) mass is 310 g/mol. The molecule has 2 rings (SSSR count). The molecule has 1 heterocycles. The van der Waals surface area contributed by atoms with Gasteiger partial charge in [-0.3, -0.25) is 0 Å². The van der Waals surface area contributed by atoms with Crippen LogP contribution in [-0.4, -0.2) is 7.05 Å². The summed E-state index contributed by atoms with van der Waals surface area (Å²) in [7, 11) is 1.74. The second-order valence-electron chi connectivity index (χ2n) is 4.72. The molecule has 0 bridgehead atoms. The molecule has 110 valence electrons. The molecule has 0 saturated heterocycles. The van der Waals surface area contributed by atoms with E-state index in [0.29, 0.717) is 12.2 Å². The average Bonchev–Trinajstić information content (AvgIpc) is 2.82. The molecule has 2 nitrogen and oxygen atoms in total. The third-order valence-electron chi connectivity index (χ3n) is 3.22. The Morgan fingerprint density at radius 2 is 2.00 bits per heavy atom. The molecule has 0 amide bonds. The molecule has 0 saturated carbocycles. The summed E-state index contributed by atoms with van der Waals surface area (Å²) >= 11 is 1.57. The Balaban J connectivity index is 2.32. The van der Waals surface area contributed by atoms with Gasteiger partial charge in [-0.15, -0.1) is 11.3 Å². The van der Waals surface area contributed by atoms with Crippen LogP contribution >= 0.6 is 11.3 Å². The number of anilines is 1. The Morgan fingerprint density at radius 3 is 2.52 bits per heavy atom. The van der Waals surface area contributed by atoms with Gasteiger partial charge < -0.3 is 4.90 Å². The van der Waals surface area contributed by atoms with Crippen LogP contribution < -0.4 is 4.90 Å². The van der Waals surface area contributed by atoms with E-state index in [1.54, 1.807) is 29.4 Å². The van der Waals surface area contributed by atoms with Crippen LogP contribution in [0.3, 0.4) is 0 Å². The number of nitriles is 1. The molecule has 21 heavy (non-hydrogen) atoms. The van der Waals surface area contributed by atoms with Crippen LogP contribution in [0.1, 0.15) is 21.6 Å². The van der Waals surface area contributed by atoms with E-state index >= 15 is 0 Å². The molecule has 2 aromatic rings. The van der Waals surface area contributed by atoms with Crippen LogP contribution in [0, 0.1) is 18.3 Å². The minimum absolute atomic E-state index is 0.355. The number of rotatable bonds is 3. The Labute approximate surface area is 125 Å². The Bertz CT molecular complexity index is 683. The summed E-state index contributed by atoms with van der Waals surface area (Å²) in [6, 6.07) is 7.35. The highest BCUT2D eigenvalue weighted by Crippen LogP contribution is 2.34. The van der Waals surface area contributed by atoms with Gasteiger partial charge in [0.15, 0.2) is 0 Å². The van der Waals surface area contributed by atoms with Gasteiger partial charge in [0, 0.05) is 17.6 Å². The van der Waals surface area contributed by atoms with Crippen molar-refractivity contribution in [2.75, 3.05) is 11.9 Å². The fourth-order valence-electron chi connectivity index (χ4n) is 1.97. The largest absolute Gasteiger partial charge is 0.417 e. The summed E-state index contributed by atoms with van der Waals surface area (Å²) in [5.41, 5.74) is 0.315. The van der Waals surface area contributed by atoms with E-state index in [1.807, 2.05) is 18.4 Å². The second-order valence-corrected chi connectivity index (χ2v) is 5.72. The Morgan fingerprint density at radius 1 is 1.29 bits per heavy atom. The molecule has 1 aromatic carbocycles. The predicted molar refractivity (Wildman–Crippen MR) is 77.3 cm³/mol.